The van der Waals surface area contributed by atoms with Crippen LogP contribution < -0.4 is 15.8 Å². The Morgan fingerprint density at radius 2 is 1.89 bits per heavy atom. The van der Waals surface area contributed by atoms with E-state index in [9.17, 15) is 13.2 Å². The van der Waals surface area contributed by atoms with Crippen molar-refractivity contribution in [3.8, 4) is 0 Å². The molecule has 8 heteroatoms. The Labute approximate surface area is 164 Å². The SMILES string of the molecule is Cc1cc(S(N)(=O)=O)cc(NC(=O)CNC(C)c2cc3ccccc3o2)c1C. The molecule has 0 radical (unpaired) electrons. The van der Waals surface area contributed by atoms with Crippen molar-refractivity contribution in [1.82, 2.24) is 5.32 Å². The van der Waals surface area contributed by atoms with Crippen LogP contribution in [-0.2, 0) is 14.8 Å². The highest BCUT2D eigenvalue weighted by atomic mass is 32.2. The third-order valence-electron chi connectivity index (χ3n) is 4.68. The number of nitrogens with one attached hydrogen (secondary N) is 2. The van der Waals surface area contributed by atoms with Crippen LogP contribution >= 0.6 is 0 Å². The van der Waals surface area contributed by atoms with Crippen LogP contribution in [0.25, 0.3) is 11.0 Å². The van der Waals surface area contributed by atoms with E-state index in [1.54, 1.807) is 6.92 Å². The summed E-state index contributed by atoms with van der Waals surface area (Å²) in [5.41, 5.74) is 2.73. The summed E-state index contributed by atoms with van der Waals surface area (Å²) in [5, 5.41) is 12.1. The highest BCUT2D eigenvalue weighted by Crippen LogP contribution is 2.25. The summed E-state index contributed by atoms with van der Waals surface area (Å²) in [4.78, 5) is 12.3. The van der Waals surface area contributed by atoms with Gasteiger partial charge in [0.25, 0.3) is 0 Å². The molecule has 1 heterocycles. The fourth-order valence-electron chi connectivity index (χ4n) is 2.88. The van der Waals surface area contributed by atoms with Gasteiger partial charge >= 0.3 is 0 Å². The van der Waals surface area contributed by atoms with Crippen molar-refractivity contribution in [2.75, 3.05) is 11.9 Å². The molecule has 4 N–H and O–H groups in total. The number of aryl methyl sites for hydroxylation is 1. The van der Waals surface area contributed by atoms with Gasteiger partial charge in [-0.25, -0.2) is 13.6 Å². The number of furan rings is 1. The molecule has 3 rings (SSSR count). The Kier molecular flexibility index (Phi) is 5.55. The summed E-state index contributed by atoms with van der Waals surface area (Å²) in [6.07, 6.45) is 0. The second-order valence-corrected chi connectivity index (χ2v) is 8.36. The lowest BCUT2D eigenvalue weighted by Crippen LogP contribution is -2.30. The summed E-state index contributed by atoms with van der Waals surface area (Å²) >= 11 is 0. The number of rotatable bonds is 6. The number of benzene rings is 2. The maximum Gasteiger partial charge on any atom is 0.238 e. The van der Waals surface area contributed by atoms with E-state index < -0.39 is 10.0 Å². The average molecular weight is 401 g/mol. The Morgan fingerprint density at radius 1 is 1.18 bits per heavy atom. The summed E-state index contributed by atoms with van der Waals surface area (Å²) in [5.74, 6) is 0.439. The molecule has 0 bridgehead atoms. The molecular weight excluding hydrogens is 378 g/mol. The van der Waals surface area contributed by atoms with Crippen molar-refractivity contribution in [2.45, 2.75) is 31.7 Å². The van der Waals surface area contributed by atoms with Crippen molar-refractivity contribution < 1.29 is 17.6 Å². The minimum Gasteiger partial charge on any atom is -0.459 e. The molecule has 0 aliphatic carbocycles. The smallest absolute Gasteiger partial charge is 0.238 e. The zero-order valence-corrected chi connectivity index (χ0v) is 16.8. The molecule has 0 saturated heterocycles. The fourth-order valence-corrected chi connectivity index (χ4v) is 3.50. The van der Waals surface area contributed by atoms with Crippen molar-refractivity contribution in [3.05, 3.63) is 59.4 Å². The first-order chi connectivity index (χ1) is 13.1. The lowest BCUT2D eigenvalue weighted by molar-refractivity contribution is -0.115. The Hall–Kier alpha value is -2.68. The molecule has 0 saturated carbocycles. The number of para-hydroxylation sites is 1. The first-order valence-corrected chi connectivity index (χ1v) is 10.4. The number of hydrogen-bond acceptors (Lipinski definition) is 5. The number of nitrogens with two attached hydrogens (primary N) is 1. The molecule has 3 aromatic rings. The molecule has 148 valence electrons. The van der Waals surface area contributed by atoms with Gasteiger partial charge in [0.15, 0.2) is 0 Å². The standard InChI is InChI=1S/C20H23N3O4S/c1-12-8-16(28(21,25)26)10-17(13(12)2)23-20(24)11-22-14(3)19-9-15-6-4-5-7-18(15)27-19/h4-10,14,22H,11H2,1-3H3,(H,23,24)(H2,21,25,26). The predicted octanol–water partition coefficient (Wildman–Crippen LogP) is 2.99. The maximum atomic E-state index is 12.4. The van der Waals surface area contributed by atoms with E-state index in [0.29, 0.717) is 5.69 Å². The molecule has 7 nitrogen and oxygen atoms in total. The average Bonchev–Trinajstić information content (AvgIpc) is 3.06. The van der Waals surface area contributed by atoms with E-state index >= 15 is 0 Å². The van der Waals surface area contributed by atoms with Gasteiger partial charge < -0.3 is 9.73 Å². The van der Waals surface area contributed by atoms with Crippen LogP contribution in [0.4, 0.5) is 5.69 Å². The van der Waals surface area contributed by atoms with E-state index in [1.807, 2.05) is 44.2 Å². The third kappa shape index (κ3) is 4.41. The van der Waals surface area contributed by atoms with E-state index in [2.05, 4.69) is 10.6 Å². The van der Waals surface area contributed by atoms with Gasteiger partial charge in [0.2, 0.25) is 15.9 Å². The number of fused-ring (bicyclic) bond motifs is 1. The molecule has 0 fully saturated rings. The van der Waals surface area contributed by atoms with Crippen molar-refractivity contribution in [1.29, 1.82) is 0 Å². The van der Waals surface area contributed by atoms with Crippen LogP contribution in [0.1, 0.15) is 29.9 Å². The minimum absolute atomic E-state index is 0.0329. The van der Waals surface area contributed by atoms with E-state index in [4.69, 9.17) is 9.56 Å². The van der Waals surface area contributed by atoms with E-state index in [-0.39, 0.29) is 23.4 Å². The van der Waals surface area contributed by atoms with Crippen LogP contribution in [0, 0.1) is 13.8 Å². The van der Waals surface area contributed by atoms with Crippen molar-refractivity contribution in [3.63, 3.8) is 0 Å². The number of primary sulfonamides is 1. The lowest BCUT2D eigenvalue weighted by Gasteiger charge is -2.14. The molecule has 1 atom stereocenters. The first-order valence-electron chi connectivity index (χ1n) is 8.81. The normalized spacial score (nSPS) is 12.9. The summed E-state index contributed by atoms with van der Waals surface area (Å²) in [7, 11) is -3.85. The topological polar surface area (TPSA) is 114 Å². The van der Waals surface area contributed by atoms with Crippen LogP contribution in [0.3, 0.4) is 0 Å². The Morgan fingerprint density at radius 3 is 2.57 bits per heavy atom. The largest absolute Gasteiger partial charge is 0.459 e. The maximum absolute atomic E-state index is 12.4. The Bertz CT molecular complexity index is 1100. The second kappa shape index (κ2) is 7.75. The third-order valence-corrected chi connectivity index (χ3v) is 5.58. The van der Waals surface area contributed by atoms with Crippen LogP contribution in [-0.4, -0.2) is 20.9 Å². The minimum atomic E-state index is -3.85. The van der Waals surface area contributed by atoms with Gasteiger partial charge in [0.1, 0.15) is 11.3 Å². The molecule has 1 amide bonds. The number of amides is 1. The monoisotopic (exact) mass is 401 g/mol. The molecule has 0 aliphatic heterocycles. The van der Waals surface area contributed by atoms with Gasteiger partial charge in [-0.3, -0.25) is 10.1 Å². The molecule has 28 heavy (non-hydrogen) atoms. The molecule has 0 aliphatic rings. The van der Waals surface area contributed by atoms with Gasteiger partial charge in [-0.2, -0.15) is 0 Å². The second-order valence-electron chi connectivity index (χ2n) is 6.80. The van der Waals surface area contributed by atoms with Crippen LogP contribution in [0.2, 0.25) is 0 Å². The zero-order chi connectivity index (χ0) is 20.5. The number of carbonyl (C=O) groups excluding carboxylic acids is 1. The fraction of sp³-hybridized carbons (Fsp3) is 0.250. The number of anilines is 1. The molecule has 1 aromatic heterocycles. The van der Waals surface area contributed by atoms with E-state index in [0.717, 1.165) is 27.9 Å². The predicted molar refractivity (Wildman–Crippen MR) is 109 cm³/mol. The van der Waals surface area contributed by atoms with Crippen LogP contribution in [0.15, 0.2) is 51.8 Å². The van der Waals surface area contributed by atoms with Gasteiger partial charge in [0.05, 0.1) is 17.5 Å². The quantitative estimate of drug-likeness (QED) is 0.587. The lowest BCUT2D eigenvalue weighted by atomic mass is 10.1. The Balaban J connectivity index is 1.68. The highest BCUT2D eigenvalue weighted by molar-refractivity contribution is 7.89. The van der Waals surface area contributed by atoms with Gasteiger partial charge in [-0.1, -0.05) is 18.2 Å². The number of sulfonamides is 1. The van der Waals surface area contributed by atoms with Gasteiger partial charge in [-0.15, -0.1) is 0 Å². The molecular formula is C20H23N3O4S. The highest BCUT2D eigenvalue weighted by Gasteiger charge is 2.16. The summed E-state index contributed by atoms with van der Waals surface area (Å²) in [6, 6.07) is 12.3. The molecule has 1 unspecified atom stereocenters. The van der Waals surface area contributed by atoms with Crippen molar-refractivity contribution >= 4 is 32.6 Å². The number of hydrogen-bond donors (Lipinski definition) is 3. The van der Waals surface area contributed by atoms with Crippen molar-refractivity contribution in [2.24, 2.45) is 5.14 Å². The summed E-state index contributed by atoms with van der Waals surface area (Å²) in [6.45, 7) is 5.52. The molecule has 2 aromatic carbocycles. The van der Waals surface area contributed by atoms with Crippen LogP contribution in [0.5, 0.6) is 0 Å². The first kappa shape index (κ1) is 20.1. The van der Waals surface area contributed by atoms with Gasteiger partial charge in [-0.05, 0) is 56.2 Å². The number of carbonyl (C=O) groups is 1. The molecule has 0 spiro atoms. The zero-order valence-electron chi connectivity index (χ0n) is 15.9. The van der Waals surface area contributed by atoms with Gasteiger partial charge in [0, 0.05) is 11.1 Å². The summed E-state index contributed by atoms with van der Waals surface area (Å²) < 4.78 is 29.0. The van der Waals surface area contributed by atoms with E-state index in [1.165, 1.54) is 12.1 Å².